The van der Waals surface area contributed by atoms with E-state index in [-0.39, 0.29) is 15.7 Å². The van der Waals surface area contributed by atoms with Gasteiger partial charge in [-0.25, -0.2) is 13.1 Å². The lowest BCUT2D eigenvalue weighted by Gasteiger charge is -2.26. The highest BCUT2D eigenvalue weighted by Crippen LogP contribution is 2.23. The van der Waals surface area contributed by atoms with E-state index in [4.69, 9.17) is 4.74 Å². The molecule has 1 atom stereocenters. The Morgan fingerprint density at radius 1 is 1.56 bits per heavy atom. The van der Waals surface area contributed by atoms with Crippen LogP contribution in [-0.4, -0.2) is 54.0 Å². The molecule has 7 nitrogen and oxygen atoms in total. The molecule has 0 saturated heterocycles. The maximum absolute atomic E-state index is 12.5. The maximum atomic E-state index is 12.5. The third kappa shape index (κ3) is 2.90. The normalized spacial score (nSPS) is 14.1. The quantitative estimate of drug-likeness (QED) is 0.758. The van der Waals surface area contributed by atoms with Gasteiger partial charge in [-0.2, -0.15) is 4.31 Å². The first-order chi connectivity index (χ1) is 8.36. The zero-order chi connectivity index (χ0) is 13.9. The summed E-state index contributed by atoms with van der Waals surface area (Å²) in [5, 5.41) is 7.43. The van der Waals surface area contributed by atoms with Crippen molar-refractivity contribution >= 4 is 26.0 Å². The van der Waals surface area contributed by atoms with Crippen LogP contribution >= 0.6 is 15.9 Å². The monoisotopic (exact) mass is 340 g/mol. The standard InChI is InChI=1S/C9H17BrN4O3S/c1-5-14(7(2)6-17-4)18(15,16)9-8(10)11-12-13(9)3/h7H,5-6H2,1-4H3. The second-order valence-corrected chi connectivity index (χ2v) is 6.38. The number of methoxy groups -OCH3 is 1. The Morgan fingerprint density at radius 3 is 2.56 bits per heavy atom. The van der Waals surface area contributed by atoms with Crippen molar-refractivity contribution < 1.29 is 13.2 Å². The van der Waals surface area contributed by atoms with Crippen molar-refractivity contribution in [2.45, 2.75) is 24.9 Å². The van der Waals surface area contributed by atoms with E-state index in [2.05, 4.69) is 26.2 Å². The van der Waals surface area contributed by atoms with Crippen molar-refractivity contribution in [1.82, 2.24) is 19.3 Å². The summed E-state index contributed by atoms with van der Waals surface area (Å²) >= 11 is 3.11. The number of halogens is 1. The summed E-state index contributed by atoms with van der Waals surface area (Å²) in [6.07, 6.45) is 0. The highest BCUT2D eigenvalue weighted by molar-refractivity contribution is 9.10. The fraction of sp³-hybridized carbons (Fsp3) is 0.778. The molecule has 0 spiro atoms. The molecule has 0 aliphatic rings. The number of sulfonamides is 1. The fourth-order valence-electron chi connectivity index (χ4n) is 1.75. The lowest BCUT2D eigenvalue weighted by Crippen LogP contribution is -2.41. The SMILES string of the molecule is CCN(C(C)COC)S(=O)(=O)c1c(Br)nnn1C. The number of hydrogen-bond acceptors (Lipinski definition) is 5. The smallest absolute Gasteiger partial charge is 0.263 e. The van der Waals surface area contributed by atoms with Crippen LogP contribution in [0.1, 0.15) is 13.8 Å². The van der Waals surface area contributed by atoms with E-state index in [1.165, 1.54) is 8.99 Å². The molecule has 1 aromatic heterocycles. The van der Waals surface area contributed by atoms with Gasteiger partial charge in [-0.3, -0.25) is 0 Å². The van der Waals surface area contributed by atoms with Crippen LogP contribution in [0.2, 0.25) is 0 Å². The molecule has 1 heterocycles. The van der Waals surface area contributed by atoms with Crippen LogP contribution in [0.25, 0.3) is 0 Å². The Hall–Kier alpha value is -0.510. The van der Waals surface area contributed by atoms with E-state index in [0.717, 1.165) is 0 Å². The van der Waals surface area contributed by atoms with E-state index in [9.17, 15) is 8.42 Å². The Balaban J connectivity index is 3.19. The van der Waals surface area contributed by atoms with E-state index in [1.807, 2.05) is 0 Å². The zero-order valence-corrected chi connectivity index (χ0v) is 13.2. The van der Waals surface area contributed by atoms with Gasteiger partial charge in [0.05, 0.1) is 6.61 Å². The molecular weight excluding hydrogens is 324 g/mol. The molecule has 1 aromatic rings. The minimum absolute atomic E-state index is 0.0484. The summed E-state index contributed by atoms with van der Waals surface area (Å²) in [7, 11) is -0.565. The average Bonchev–Trinajstić information content (AvgIpc) is 2.59. The van der Waals surface area contributed by atoms with Crippen molar-refractivity contribution in [3.05, 3.63) is 4.60 Å². The molecule has 104 valence electrons. The molecule has 0 aromatic carbocycles. The van der Waals surface area contributed by atoms with E-state index in [1.54, 1.807) is 28.0 Å². The van der Waals surface area contributed by atoms with Gasteiger partial charge in [0.2, 0.25) is 5.03 Å². The number of nitrogens with zero attached hydrogens (tertiary/aromatic N) is 4. The molecule has 0 bridgehead atoms. The average molecular weight is 341 g/mol. The maximum Gasteiger partial charge on any atom is 0.263 e. The Morgan fingerprint density at radius 2 is 2.17 bits per heavy atom. The number of ether oxygens (including phenoxy) is 1. The number of aryl methyl sites for hydroxylation is 1. The van der Waals surface area contributed by atoms with Gasteiger partial charge >= 0.3 is 0 Å². The molecule has 9 heteroatoms. The number of rotatable bonds is 6. The second-order valence-electron chi connectivity index (χ2n) is 3.82. The molecule has 1 unspecified atom stereocenters. The van der Waals surface area contributed by atoms with Gasteiger partial charge in [0, 0.05) is 26.7 Å². The third-order valence-corrected chi connectivity index (χ3v) is 5.48. The van der Waals surface area contributed by atoms with Crippen molar-refractivity contribution in [3.63, 3.8) is 0 Å². The minimum atomic E-state index is -3.65. The van der Waals surface area contributed by atoms with Gasteiger partial charge in [-0.15, -0.1) is 5.10 Å². The summed E-state index contributed by atoms with van der Waals surface area (Å²) in [6.45, 7) is 4.25. The van der Waals surface area contributed by atoms with Crippen LogP contribution in [-0.2, 0) is 21.8 Å². The van der Waals surface area contributed by atoms with Crippen LogP contribution < -0.4 is 0 Å². The van der Waals surface area contributed by atoms with Crippen LogP contribution in [0, 0.1) is 0 Å². The predicted octanol–water partition coefficient (Wildman–Crippen LogP) is 0.623. The molecule has 18 heavy (non-hydrogen) atoms. The molecule has 0 fully saturated rings. The molecule has 0 aliphatic carbocycles. The Bertz CT molecular complexity index is 482. The Labute approximate surface area is 115 Å². The van der Waals surface area contributed by atoms with Crippen molar-refractivity contribution in [2.24, 2.45) is 7.05 Å². The minimum Gasteiger partial charge on any atom is -0.383 e. The van der Waals surface area contributed by atoms with Gasteiger partial charge in [0.15, 0.2) is 4.60 Å². The summed E-state index contributed by atoms with van der Waals surface area (Å²) in [4.78, 5) is 0. The highest BCUT2D eigenvalue weighted by atomic mass is 79.9. The topological polar surface area (TPSA) is 77.3 Å². The van der Waals surface area contributed by atoms with Gasteiger partial charge < -0.3 is 4.74 Å². The number of aromatic nitrogens is 3. The molecule has 0 radical (unpaired) electrons. The molecule has 1 rings (SSSR count). The van der Waals surface area contributed by atoms with Crippen molar-refractivity contribution in [2.75, 3.05) is 20.3 Å². The lowest BCUT2D eigenvalue weighted by atomic mass is 10.4. The van der Waals surface area contributed by atoms with E-state index < -0.39 is 10.0 Å². The van der Waals surface area contributed by atoms with Gasteiger partial charge in [0.25, 0.3) is 10.0 Å². The lowest BCUT2D eigenvalue weighted by molar-refractivity contribution is 0.142. The van der Waals surface area contributed by atoms with E-state index in [0.29, 0.717) is 13.2 Å². The van der Waals surface area contributed by atoms with Crippen LogP contribution in [0.15, 0.2) is 9.63 Å². The first kappa shape index (κ1) is 15.5. The fourth-order valence-corrected chi connectivity index (χ4v) is 4.41. The van der Waals surface area contributed by atoms with Crippen LogP contribution in [0.3, 0.4) is 0 Å². The number of hydrogen-bond donors (Lipinski definition) is 0. The first-order valence-corrected chi connectivity index (χ1v) is 7.65. The van der Waals surface area contributed by atoms with E-state index >= 15 is 0 Å². The van der Waals surface area contributed by atoms with Crippen molar-refractivity contribution in [1.29, 1.82) is 0 Å². The molecular formula is C9H17BrN4O3S. The van der Waals surface area contributed by atoms with Gasteiger partial charge in [-0.1, -0.05) is 12.1 Å². The van der Waals surface area contributed by atoms with Crippen LogP contribution in [0.5, 0.6) is 0 Å². The molecule has 0 N–H and O–H groups in total. The summed E-state index contributed by atoms with van der Waals surface area (Å²) in [5.41, 5.74) is 0. The highest BCUT2D eigenvalue weighted by Gasteiger charge is 2.33. The summed E-state index contributed by atoms with van der Waals surface area (Å²) in [5.74, 6) is 0. The van der Waals surface area contributed by atoms with Crippen molar-refractivity contribution in [3.8, 4) is 0 Å². The largest absolute Gasteiger partial charge is 0.383 e. The molecule has 0 amide bonds. The van der Waals surface area contributed by atoms with Gasteiger partial charge in [0.1, 0.15) is 0 Å². The Kier molecular flexibility index (Phi) is 5.26. The zero-order valence-electron chi connectivity index (χ0n) is 10.8. The summed E-state index contributed by atoms with van der Waals surface area (Å²) in [6, 6.07) is -0.258. The first-order valence-electron chi connectivity index (χ1n) is 5.42. The molecule has 0 aliphatic heterocycles. The second kappa shape index (κ2) is 6.09. The van der Waals surface area contributed by atoms with Crippen LogP contribution in [0.4, 0.5) is 0 Å². The predicted molar refractivity (Wildman–Crippen MR) is 69.6 cm³/mol. The summed E-state index contributed by atoms with van der Waals surface area (Å²) < 4.78 is 32.9. The molecule has 0 saturated carbocycles. The third-order valence-electron chi connectivity index (χ3n) is 2.50. The number of likely N-dealkylation sites (N-methyl/N-ethyl adjacent to an activating group) is 1. The van der Waals surface area contributed by atoms with Gasteiger partial charge in [-0.05, 0) is 22.9 Å².